The summed E-state index contributed by atoms with van der Waals surface area (Å²) in [6.45, 7) is 10.6. The highest BCUT2D eigenvalue weighted by atomic mass is 16.5. The maximum Gasteiger partial charge on any atom is 0.333 e. The molecule has 0 aromatic carbocycles. The Bertz CT molecular complexity index is 507. The van der Waals surface area contributed by atoms with E-state index in [4.69, 9.17) is 9.84 Å². The Balaban J connectivity index is 4.09. The average Bonchev–Trinajstić information content (AvgIpc) is 2.55. The number of aliphatic hydroxyl groups excluding tert-OH is 1. The monoisotopic (exact) mass is 348 g/mol. The Morgan fingerprint density at radius 1 is 0.800 bits per heavy atom. The van der Waals surface area contributed by atoms with Crippen LogP contribution in [-0.4, -0.2) is 24.3 Å². The third-order valence-corrected chi connectivity index (χ3v) is 4.09. The molecule has 0 aromatic rings. The Morgan fingerprint density at radius 2 is 1.24 bits per heavy atom. The predicted octanol–water partition coefficient (Wildman–Crippen LogP) is 5.67. The second-order valence-corrected chi connectivity index (χ2v) is 6.56. The minimum Gasteiger partial charge on any atom is -0.463 e. The average molecular weight is 349 g/mol. The van der Waals surface area contributed by atoms with E-state index in [1.165, 1.54) is 16.7 Å². The summed E-state index contributed by atoms with van der Waals surface area (Å²) >= 11 is 0. The second-order valence-electron chi connectivity index (χ2n) is 6.56. The molecule has 0 aliphatic carbocycles. The lowest BCUT2D eigenvalue weighted by atomic mass is 10.0. The highest BCUT2D eigenvalue weighted by Gasteiger charge is 2.03. The molecular weight excluding hydrogens is 312 g/mol. The molecule has 0 saturated carbocycles. The first-order valence-corrected chi connectivity index (χ1v) is 9.32. The lowest BCUT2D eigenvalue weighted by molar-refractivity contribution is -0.138. The first kappa shape index (κ1) is 23.4. The van der Waals surface area contributed by atoms with Crippen molar-refractivity contribution in [3.8, 4) is 0 Å². The van der Waals surface area contributed by atoms with Gasteiger partial charge in [-0.2, -0.15) is 0 Å². The van der Waals surface area contributed by atoms with Gasteiger partial charge < -0.3 is 9.84 Å². The van der Waals surface area contributed by atoms with E-state index < -0.39 is 0 Å². The number of rotatable bonds is 12. The van der Waals surface area contributed by atoms with Crippen molar-refractivity contribution in [1.29, 1.82) is 0 Å². The van der Waals surface area contributed by atoms with Crippen molar-refractivity contribution < 1.29 is 14.6 Å². The molecule has 3 nitrogen and oxygen atoms in total. The maximum absolute atomic E-state index is 11.5. The van der Waals surface area contributed by atoms with Crippen LogP contribution in [0.4, 0.5) is 0 Å². The van der Waals surface area contributed by atoms with Crippen LogP contribution < -0.4 is 0 Å². The van der Waals surface area contributed by atoms with Gasteiger partial charge in [-0.3, -0.25) is 0 Å². The molecule has 0 unspecified atom stereocenters. The molecule has 0 spiro atoms. The Hall–Kier alpha value is -1.61. The lowest BCUT2D eigenvalue weighted by Gasteiger charge is -2.03. The van der Waals surface area contributed by atoms with Gasteiger partial charge in [-0.25, -0.2) is 4.79 Å². The van der Waals surface area contributed by atoms with Crippen LogP contribution in [0, 0.1) is 0 Å². The fourth-order valence-corrected chi connectivity index (χ4v) is 2.40. The van der Waals surface area contributed by atoms with E-state index >= 15 is 0 Å². The van der Waals surface area contributed by atoms with Gasteiger partial charge in [0.05, 0.1) is 13.2 Å². The molecule has 0 heterocycles. The third kappa shape index (κ3) is 13.4. The smallest absolute Gasteiger partial charge is 0.333 e. The Morgan fingerprint density at radius 3 is 1.68 bits per heavy atom. The second kappa shape index (κ2) is 14.7. The topological polar surface area (TPSA) is 46.5 Å². The molecule has 0 atom stereocenters. The van der Waals surface area contributed by atoms with Crippen molar-refractivity contribution in [1.82, 2.24) is 0 Å². The number of ether oxygens (including phenoxy) is 1. The molecule has 1 N–H and O–H groups in total. The van der Waals surface area contributed by atoms with E-state index in [-0.39, 0.29) is 12.6 Å². The van der Waals surface area contributed by atoms with E-state index in [0.717, 1.165) is 38.5 Å². The quantitative estimate of drug-likeness (QED) is 0.281. The van der Waals surface area contributed by atoms with Crippen molar-refractivity contribution in [2.75, 3.05) is 13.2 Å². The fraction of sp³-hybridized carbons (Fsp3) is 0.591. The number of esters is 1. The van der Waals surface area contributed by atoms with E-state index in [0.29, 0.717) is 12.2 Å². The largest absolute Gasteiger partial charge is 0.463 e. The summed E-state index contributed by atoms with van der Waals surface area (Å²) in [6, 6.07) is 0. The van der Waals surface area contributed by atoms with Gasteiger partial charge in [0.1, 0.15) is 0 Å². The van der Waals surface area contributed by atoms with Crippen LogP contribution in [0.5, 0.6) is 0 Å². The number of allylic oxidation sites excluding steroid dienone is 6. The van der Waals surface area contributed by atoms with E-state index in [1.807, 2.05) is 26.0 Å². The molecule has 0 radical (unpaired) electrons. The van der Waals surface area contributed by atoms with Crippen molar-refractivity contribution in [3.05, 3.63) is 46.6 Å². The highest BCUT2D eigenvalue weighted by Crippen LogP contribution is 2.13. The molecule has 142 valence electrons. The van der Waals surface area contributed by atoms with Crippen LogP contribution in [0.25, 0.3) is 0 Å². The predicted molar refractivity (Wildman–Crippen MR) is 106 cm³/mol. The molecule has 0 aliphatic heterocycles. The minimum absolute atomic E-state index is 0.132. The number of hydrogen-bond acceptors (Lipinski definition) is 3. The first-order chi connectivity index (χ1) is 11.9. The Labute approximate surface area is 154 Å². The molecule has 0 bridgehead atoms. The molecule has 0 saturated heterocycles. The zero-order chi connectivity index (χ0) is 19.1. The van der Waals surface area contributed by atoms with E-state index in [9.17, 15) is 4.79 Å². The molecule has 25 heavy (non-hydrogen) atoms. The summed E-state index contributed by atoms with van der Waals surface area (Å²) in [4.78, 5) is 11.5. The van der Waals surface area contributed by atoms with Gasteiger partial charge in [0.15, 0.2) is 0 Å². The molecular formula is C22H36O3. The Kier molecular flexibility index (Phi) is 13.8. The highest BCUT2D eigenvalue weighted by molar-refractivity contribution is 5.87. The van der Waals surface area contributed by atoms with Crippen molar-refractivity contribution >= 4 is 5.97 Å². The van der Waals surface area contributed by atoms with Gasteiger partial charge in [0, 0.05) is 5.57 Å². The van der Waals surface area contributed by atoms with Gasteiger partial charge in [0.25, 0.3) is 0 Å². The van der Waals surface area contributed by atoms with Crippen molar-refractivity contribution in [2.24, 2.45) is 0 Å². The molecule has 0 aliphatic rings. The third-order valence-electron chi connectivity index (χ3n) is 4.09. The van der Waals surface area contributed by atoms with Gasteiger partial charge in [0.2, 0.25) is 0 Å². The number of carbonyl (C=O) groups excluding carboxylic acids is 1. The van der Waals surface area contributed by atoms with Crippen LogP contribution in [0.3, 0.4) is 0 Å². The number of carbonyl (C=O) groups is 1. The van der Waals surface area contributed by atoms with Crippen molar-refractivity contribution in [3.63, 3.8) is 0 Å². The summed E-state index contributed by atoms with van der Waals surface area (Å²) in [7, 11) is 0. The lowest BCUT2D eigenvalue weighted by Crippen LogP contribution is -2.04. The van der Waals surface area contributed by atoms with Gasteiger partial charge in [-0.15, -0.1) is 0 Å². The number of aliphatic hydroxyl groups is 1. The fourth-order valence-electron chi connectivity index (χ4n) is 2.40. The summed E-state index contributed by atoms with van der Waals surface area (Å²) in [5.41, 5.74) is 4.72. The van der Waals surface area contributed by atoms with Crippen LogP contribution >= 0.6 is 0 Å². The molecule has 0 fully saturated rings. The summed E-state index contributed by atoms with van der Waals surface area (Å²) in [5.74, 6) is -0.214. The molecule has 0 rings (SSSR count). The normalized spacial score (nSPS) is 14.0. The first-order valence-electron chi connectivity index (χ1n) is 9.32. The summed E-state index contributed by atoms with van der Waals surface area (Å²) < 4.78 is 4.97. The van der Waals surface area contributed by atoms with Crippen LogP contribution in [-0.2, 0) is 9.53 Å². The van der Waals surface area contributed by atoms with Crippen LogP contribution in [0.2, 0.25) is 0 Å². The summed E-state index contributed by atoms with van der Waals surface area (Å²) in [6.07, 6.45) is 14.5. The summed E-state index contributed by atoms with van der Waals surface area (Å²) in [5, 5.41) is 8.83. The molecule has 3 heteroatoms. The molecule has 0 aromatic heterocycles. The van der Waals surface area contributed by atoms with Gasteiger partial charge >= 0.3 is 5.97 Å². The van der Waals surface area contributed by atoms with Crippen LogP contribution in [0.15, 0.2) is 46.6 Å². The van der Waals surface area contributed by atoms with Crippen molar-refractivity contribution in [2.45, 2.75) is 73.1 Å². The zero-order valence-electron chi connectivity index (χ0n) is 16.7. The van der Waals surface area contributed by atoms with Gasteiger partial charge in [-0.1, -0.05) is 41.0 Å². The van der Waals surface area contributed by atoms with E-state index in [1.54, 1.807) is 0 Å². The standard InChI is InChI=1S/C22H36O3/c1-6-25-22(24)21(5)15-9-14-19(3)11-7-10-18(2)12-8-13-20(4)16-17-23/h11-12,15-16,23H,6-10,13-14,17H2,1-5H3/b18-12+,19-11+,20-16+,21-15+. The minimum atomic E-state index is -0.214. The maximum atomic E-state index is 11.5. The van der Waals surface area contributed by atoms with E-state index in [2.05, 4.69) is 32.9 Å². The number of hydrogen-bond donors (Lipinski definition) is 1. The van der Waals surface area contributed by atoms with Gasteiger partial charge in [-0.05, 0) is 73.1 Å². The van der Waals surface area contributed by atoms with Crippen LogP contribution in [0.1, 0.15) is 73.1 Å². The SMILES string of the molecule is CCOC(=O)/C(C)=C/CC/C(C)=C/CC/C(C)=C/CC/C(C)=C/CO. The molecule has 0 amide bonds. The zero-order valence-corrected chi connectivity index (χ0v) is 16.7.